The molecule has 0 spiro atoms. The zero-order valence-corrected chi connectivity index (χ0v) is 12.5. The van der Waals surface area contributed by atoms with Gasteiger partial charge in [0.05, 0.1) is 25.3 Å². The molecule has 1 aromatic carbocycles. The van der Waals surface area contributed by atoms with Crippen molar-refractivity contribution in [2.45, 2.75) is 26.3 Å². The standard InChI is InChI=1S/C16H19N3O2/c1-11-9-17-14(16(19-11)21-3)10-18-15(20)12(2)13-7-5-4-6-8-13/h4-9,12H,10H2,1-3H3,(H,18,20). The molecular weight excluding hydrogens is 266 g/mol. The average Bonchev–Trinajstić information content (AvgIpc) is 2.53. The molecule has 0 radical (unpaired) electrons. The Kier molecular flexibility index (Phi) is 4.87. The highest BCUT2D eigenvalue weighted by Crippen LogP contribution is 2.16. The van der Waals surface area contributed by atoms with Crippen molar-refractivity contribution < 1.29 is 9.53 Å². The van der Waals surface area contributed by atoms with E-state index in [1.54, 1.807) is 13.3 Å². The predicted molar refractivity (Wildman–Crippen MR) is 80.0 cm³/mol. The van der Waals surface area contributed by atoms with Crippen LogP contribution in [-0.2, 0) is 11.3 Å². The van der Waals surface area contributed by atoms with Crippen molar-refractivity contribution in [1.82, 2.24) is 15.3 Å². The smallest absolute Gasteiger partial charge is 0.237 e. The molecule has 0 saturated heterocycles. The second kappa shape index (κ2) is 6.83. The monoisotopic (exact) mass is 285 g/mol. The van der Waals surface area contributed by atoms with Gasteiger partial charge < -0.3 is 10.1 Å². The van der Waals surface area contributed by atoms with Crippen molar-refractivity contribution in [3.8, 4) is 5.88 Å². The lowest BCUT2D eigenvalue weighted by molar-refractivity contribution is -0.122. The van der Waals surface area contributed by atoms with Gasteiger partial charge in [0, 0.05) is 6.20 Å². The molecule has 0 aliphatic rings. The van der Waals surface area contributed by atoms with E-state index in [4.69, 9.17) is 4.74 Å². The number of methoxy groups -OCH3 is 1. The lowest BCUT2D eigenvalue weighted by Gasteiger charge is -2.13. The second-order valence-corrected chi connectivity index (χ2v) is 4.82. The number of carbonyl (C=O) groups is 1. The first-order valence-electron chi connectivity index (χ1n) is 6.81. The van der Waals surface area contributed by atoms with E-state index in [0.717, 1.165) is 11.3 Å². The van der Waals surface area contributed by atoms with E-state index in [1.165, 1.54) is 0 Å². The highest BCUT2D eigenvalue weighted by molar-refractivity contribution is 5.83. The van der Waals surface area contributed by atoms with E-state index in [0.29, 0.717) is 18.1 Å². The molecule has 1 aromatic heterocycles. The number of benzene rings is 1. The van der Waals surface area contributed by atoms with Crippen molar-refractivity contribution in [2.75, 3.05) is 7.11 Å². The minimum atomic E-state index is -0.212. The number of hydrogen-bond acceptors (Lipinski definition) is 4. The summed E-state index contributed by atoms with van der Waals surface area (Å²) in [6, 6.07) is 9.66. The molecule has 0 aliphatic carbocycles. The van der Waals surface area contributed by atoms with Crippen LogP contribution in [0.4, 0.5) is 0 Å². The van der Waals surface area contributed by atoms with E-state index in [2.05, 4.69) is 15.3 Å². The number of aryl methyl sites for hydroxylation is 1. The molecule has 0 fully saturated rings. The van der Waals surface area contributed by atoms with Gasteiger partial charge in [-0.25, -0.2) is 4.98 Å². The number of ether oxygens (including phenoxy) is 1. The van der Waals surface area contributed by atoms with E-state index < -0.39 is 0 Å². The highest BCUT2D eigenvalue weighted by atomic mass is 16.5. The van der Waals surface area contributed by atoms with Gasteiger partial charge in [-0.1, -0.05) is 30.3 Å². The van der Waals surface area contributed by atoms with E-state index >= 15 is 0 Å². The van der Waals surface area contributed by atoms with Crippen molar-refractivity contribution >= 4 is 5.91 Å². The summed E-state index contributed by atoms with van der Waals surface area (Å²) in [4.78, 5) is 20.7. The largest absolute Gasteiger partial charge is 0.480 e. The Morgan fingerprint density at radius 3 is 2.71 bits per heavy atom. The Balaban J connectivity index is 2.01. The minimum Gasteiger partial charge on any atom is -0.480 e. The fourth-order valence-electron chi connectivity index (χ4n) is 1.98. The second-order valence-electron chi connectivity index (χ2n) is 4.82. The summed E-state index contributed by atoms with van der Waals surface area (Å²) in [5.41, 5.74) is 2.38. The molecule has 0 saturated carbocycles. The average molecular weight is 285 g/mol. The van der Waals surface area contributed by atoms with Crippen LogP contribution in [0.2, 0.25) is 0 Å². The van der Waals surface area contributed by atoms with Gasteiger partial charge in [0.15, 0.2) is 0 Å². The van der Waals surface area contributed by atoms with Gasteiger partial charge in [0.1, 0.15) is 5.69 Å². The SMILES string of the molecule is COc1nc(C)cnc1CNC(=O)C(C)c1ccccc1. The number of rotatable bonds is 5. The van der Waals surface area contributed by atoms with Crippen LogP contribution in [0.5, 0.6) is 5.88 Å². The van der Waals surface area contributed by atoms with Gasteiger partial charge in [0.25, 0.3) is 0 Å². The fourth-order valence-corrected chi connectivity index (χ4v) is 1.98. The maximum atomic E-state index is 12.2. The van der Waals surface area contributed by atoms with Crippen molar-refractivity contribution in [3.63, 3.8) is 0 Å². The molecule has 1 amide bonds. The van der Waals surface area contributed by atoms with Gasteiger partial charge >= 0.3 is 0 Å². The van der Waals surface area contributed by atoms with E-state index in [1.807, 2.05) is 44.2 Å². The van der Waals surface area contributed by atoms with Gasteiger partial charge in [0.2, 0.25) is 11.8 Å². The molecule has 1 heterocycles. The number of amides is 1. The number of carbonyl (C=O) groups excluding carboxylic acids is 1. The van der Waals surface area contributed by atoms with Crippen LogP contribution in [0.25, 0.3) is 0 Å². The summed E-state index contributed by atoms with van der Waals surface area (Å²) in [7, 11) is 1.54. The Morgan fingerprint density at radius 2 is 2.05 bits per heavy atom. The molecule has 1 atom stereocenters. The summed E-state index contributed by atoms with van der Waals surface area (Å²) in [6.45, 7) is 4.02. The van der Waals surface area contributed by atoms with Crippen molar-refractivity contribution in [3.05, 3.63) is 53.5 Å². The molecule has 2 rings (SSSR count). The van der Waals surface area contributed by atoms with Crippen molar-refractivity contribution in [2.24, 2.45) is 0 Å². The molecular formula is C16H19N3O2. The van der Waals surface area contributed by atoms with Gasteiger partial charge in [-0.15, -0.1) is 0 Å². The molecule has 21 heavy (non-hydrogen) atoms. The highest BCUT2D eigenvalue weighted by Gasteiger charge is 2.16. The molecule has 2 aromatic rings. The quantitative estimate of drug-likeness (QED) is 0.915. The zero-order valence-electron chi connectivity index (χ0n) is 12.5. The maximum absolute atomic E-state index is 12.2. The van der Waals surface area contributed by atoms with Crippen LogP contribution in [0.15, 0.2) is 36.5 Å². The summed E-state index contributed by atoms with van der Waals surface area (Å²) in [6.07, 6.45) is 1.66. The molecule has 110 valence electrons. The van der Waals surface area contributed by atoms with Gasteiger partial charge in [-0.3, -0.25) is 9.78 Å². The van der Waals surface area contributed by atoms with Gasteiger partial charge in [-0.2, -0.15) is 0 Å². The Bertz CT molecular complexity index is 614. The maximum Gasteiger partial charge on any atom is 0.237 e. The Labute approximate surface area is 124 Å². The fraction of sp³-hybridized carbons (Fsp3) is 0.312. The third-order valence-electron chi connectivity index (χ3n) is 3.25. The van der Waals surface area contributed by atoms with Crippen LogP contribution in [-0.4, -0.2) is 23.0 Å². The number of aromatic nitrogens is 2. The summed E-state index contributed by atoms with van der Waals surface area (Å²) >= 11 is 0. The van der Waals surface area contributed by atoms with Crippen LogP contribution >= 0.6 is 0 Å². The van der Waals surface area contributed by atoms with Crippen molar-refractivity contribution in [1.29, 1.82) is 0 Å². The molecule has 0 aliphatic heterocycles. The Morgan fingerprint density at radius 1 is 1.33 bits per heavy atom. The number of nitrogens with zero attached hydrogens (tertiary/aromatic N) is 2. The third-order valence-corrected chi connectivity index (χ3v) is 3.25. The molecule has 5 heteroatoms. The lowest BCUT2D eigenvalue weighted by atomic mass is 10.0. The normalized spacial score (nSPS) is 11.8. The number of hydrogen-bond donors (Lipinski definition) is 1. The first kappa shape index (κ1) is 15.0. The molecule has 1 unspecified atom stereocenters. The number of nitrogens with one attached hydrogen (secondary N) is 1. The van der Waals surface area contributed by atoms with Crippen LogP contribution in [0.3, 0.4) is 0 Å². The zero-order chi connectivity index (χ0) is 15.2. The summed E-state index contributed by atoms with van der Waals surface area (Å²) in [5.74, 6) is 0.184. The van der Waals surface area contributed by atoms with Crippen LogP contribution < -0.4 is 10.1 Å². The van der Waals surface area contributed by atoms with Gasteiger partial charge in [-0.05, 0) is 19.4 Å². The lowest BCUT2D eigenvalue weighted by Crippen LogP contribution is -2.28. The van der Waals surface area contributed by atoms with Crippen LogP contribution in [0, 0.1) is 6.92 Å². The molecule has 1 N–H and O–H groups in total. The summed E-state index contributed by atoms with van der Waals surface area (Å²) < 4.78 is 5.18. The Hall–Kier alpha value is -2.43. The first-order chi connectivity index (χ1) is 10.1. The predicted octanol–water partition coefficient (Wildman–Crippen LogP) is 2.21. The topological polar surface area (TPSA) is 64.1 Å². The molecule has 5 nitrogen and oxygen atoms in total. The van der Waals surface area contributed by atoms with E-state index in [-0.39, 0.29) is 11.8 Å². The third kappa shape index (κ3) is 3.78. The first-order valence-corrected chi connectivity index (χ1v) is 6.81. The molecule has 0 bridgehead atoms. The minimum absolute atomic E-state index is 0.0503. The van der Waals surface area contributed by atoms with Crippen LogP contribution in [0.1, 0.15) is 29.8 Å². The summed E-state index contributed by atoms with van der Waals surface area (Å²) in [5, 5.41) is 2.87. The van der Waals surface area contributed by atoms with E-state index in [9.17, 15) is 4.79 Å².